The second kappa shape index (κ2) is 7.38. The molecule has 4 heteroatoms. The highest BCUT2D eigenvalue weighted by Crippen LogP contribution is 2.16. The standard InChI is InChI=1S/C16H27NO2Si/c1-14(2)16(19-20(4,5)6)18-13-12-17(3)15-10-8-7-9-11-15/h7-11H,12-13H2,1-6H3. The van der Waals surface area contributed by atoms with Gasteiger partial charge in [-0.15, -0.1) is 0 Å². The molecule has 112 valence electrons. The molecule has 0 aliphatic heterocycles. The molecule has 0 N–H and O–H groups in total. The lowest BCUT2D eigenvalue weighted by atomic mass is 10.3. The first-order valence-corrected chi connectivity index (χ1v) is 10.5. The lowest BCUT2D eigenvalue weighted by molar-refractivity contribution is 0.103. The Balaban J connectivity index is 2.48. The zero-order valence-corrected chi connectivity index (χ0v) is 14.6. The summed E-state index contributed by atoms with van der Waals surface area (Å²) in [6, 6.07) is 10.3. The van der Waals surface area contributed by atoms with Crippen molar-refractivity contribution in [2.75, 3.05) is 25.1 Å². The maximum Gasteiger partial charge on any atom is 0.263 e. The smallest absolute Gasteiger partial charge is 0.263 e. The molecule has 0 bridgehead atoms. The molecular weight excluding hydrogens is 266 g/mol. The Morgan fingerprint density at radius 3 is 2.20 bits per heavy atom. The molecule has 1 aromatic carbocycles. The van der Waals surface area contributed by atoms with Gasteiger partial charge in [0.05, 0.1) is 6.54 Å². The van der Waals surface area contributed by atoms with Crippen molar-refractivity contribution < 1.29 is 9.16 Å². The van der Waals surface area contributed by atoms with Crippen LogP contribution in [0.4, 0.5) is 5.69 Å². The summed E-state index contributed by atoms with van der Waals surface area (Å²) in [5, 5.41) is 0. The largest absolute Gasteiger partial charge is 0.520 e. The predicted molar refractivity (Wildman–Crippen MR) is 88.5 cm³/mol. The molecule has 0 saturated heterocycles. The van der Waals surface area contributed by atoms with E-state index in [1.54, 1.807) is 0 Å². The third-order valence-corrected chi connectivity index (χ3v) is 3.46. The number of hydrogen-bond acceptors (Lipinski definition) is 3. The van der Waals surface area contributed by atoms with Crippen LogP contribution in [0.1, 0.15) is 13.8 Å². The maximum absolute atomic E-state index is 5.96. The topological polar surface area (TPSA) is 21.7 Å². The molecule has 20 heavy (non-hydrogen) atoms. The van der Waals surface area contributed by atoms with Gasteiger partial charge in [-0.25, -0.2) is 0 Å². The van der Waals surface area contributed by atoms with Gasteiger partial charge in [0, 0.05) is 18.3 Å². The van der Waals surface area contributed by atoms with E-state index in [4.69, 9.17) is 9.16 Å². The fourth-order valence-electron chi connectivity index (χ4n) is 1.64. The van der Waals surface area contributed by atoms with Gasteiger partial charge in [0.1, 0.15) is 6.61 Å². The molecule has 0 amide bonds. The second-order valence-electron chi connectivity index (χ2n) is 6.11. The van der Waals surface area contributed by atoms with Gasteiger partial charge >= 0.3 is 0 Å². The van der Waals surface area contributed by atoms with Crippen LogP contribution >= 0.6 is 0 Å². The fourth-order valence-corrected chi connectivity index (χ4v) is 2.46. The molecule has 0 radical (unpaired) electrons. The molecule has 0 spiro atoms. The van der Waals surface area contributed by atoms with Crippen LogP contribution in [0.25, 0.3) is 0 Å². The second-order valence-corrected chi connectivity index (χ2v) is 10.5. The zero-order chi connectivity index (χ0) is 15.2. The van der Waals surface area contributed by atoms with Gasteiger partial charge in [-0.1, -0.05) is 18.2 Å². The number of anilines is 1. The molecule has 0 heterocycles. The highest BCUT2D eigenvalue weighted by Gasteiger charge is 2.19. The molecular formula is C16H27NO2Si. The van der Waals surface area contributed by atoms with Crippen LogP contribution in [0.3, 0.4) is 0 Å². The monoisotopic (exact) mass is 293 g/mol. The average molecular weight is 293 g/mol. The summed E-state index contributed by atoms with van der Waals surface area (Å²) in [7, 11) is 0.449. The van der Waals surface area contributed by atoms with Crippen molar-refractivity contribution in [3.8, 4) is 0 Å². The van der Waals surface area contributed by atoms with E-state index >= 15 is 0 Å². The highest BCUT2D eigenvalue weighted by atomic mass is 28.4. The average Bonchev–Trinajstić information content (AvgIpc) is 2.37. The van der Waals surface area contributed by atoms with E-state index in [-0.39, 0.29) is 0 Å². The quantitative estimate of drug-likeness (QED) is 0.554. The van der Waals surface area contributed by atoms with Crippen LogP contribution in [0, 0.1) is 0 Å². The van der Waals surface area contributed by atoms with Crippen LogP contribution in [0.5, 0.6) is 0 Å². The molecule has 0 unspecified atom stereocenters. The Bertz CT molecular complexity index is 434. The lowest BCUT2D eigenvalue weighted by Crippen LogP contribution is -2.28. The van der Waals surface area contributed by atoms with Crippen LogP contribution in [-0.4, -0.2) is 28.5 Å². The van der Waals surface area contributed by atoms with Crippen molar-refractivity contribution in [1.82, 2.24) is 0 Å². The first-order valence-electron chi connectivity index (χ1n) is 7.05. The summed E-state index contributed by atoms with van der Waals surface area (Å²) in [6.45, 7) is 12.0. The Morgan fingerprint density at radius 1 is 1.10 bits per heavy atom. The Labute approximate surface area is 124 Å². The van der Waals surface area contributed by atoms with Crippen LogP contribution < -0.4 is 4.90 Å². The van der Waals surface area contributed by atoms with E-state index in [9.17, 15) is 0 Å². The van der Waals surface area contributed by atoms with Crippen molar-refractivity contribution in [3.63, 3.8) is 0 Å². The minimum Gasteiger partial charge on any atom is -0.520 e. The van der Waals surface area contributed by atoms with Crippen molar-refractivity contribution in [1.29, 1.82) is 0 Å². The number of rotatable bonds is 7. The minimum absolute atomic E-state index is 0.621. The molecule has 0 aliphatic carbocycles. The van der Waals surface area contributed by atoms with E-state index in [0.717, 1.165) is 12.1 Å². The van der Waals surface area contributed by atoms with Crippen LogP contribution in [0.15, 0.2) is 41.9 Å². The van der Waals surface area contributed by atoms with Crippen LogP contribution in [-0.2, 0) is 9.16 Å². The number of nitrogens with zero attached hydrogens (tertiary/aromatic N) is 1. The van der Waals surface area contributed by atoms with Gasteiger partial charge in [-0.3, -0.25) is 0 Å². The summed E-state index contributed by atoms with van der Waals surface area (Å²) in [4.78, 5) is 2.18. The number of para-hydroxylation sites is 1. The number of likely N-dealkylation sites (N-methyl/N-ethyl adjacent to an activating group) is 1. The Hall–Kier alpha value is -1.42. The highest BCUT2D eigenvalue weighted by molar-refractivity contribution is 6.70. The van der Waals surface area contributed by atoms with Crippen molar-refractivity contribution >= 4 is 14.0 Å². The van der Waals surface area contributed by atoms with E-state index in [2.05, 4.69) is 43.7 Å². The number of hydrogen-bond donors (Lipinski definition) is 0. The van der Waals surface area contributed by atoms with Gasteiger partial charge in [0.25, 0.3) is 5.95 Å². The molecule has 0 aliphatic rings. The number of ether oxygens (including phenoxy) is 1. The molecule has 0 atom stereocenters. The summed E-state index contributed by atoms with van der Waals surface area (Å²) in [6.07, 6.45) is 0. The van der Waals surface area contributed by atoms with E-state index in [1.165, 1.54) is 5.69 Å². The molecule has 0 aromatic heterocycles. The van der Waals surface area contributed by atoms with Crippen molar-refractivity contribution in [2.45, 2.75) is 33.5 Å². The van der Waals surface area contributed by atoms with Gasteiger partial charge in [0.2, 0.25) is 8.32 Å². The Kier molecular flexibility index (Phi) is 6.14. The van der Waals surface area contributed by atoms with Gasteiger partial charge in [0.15, 0.2) is 0 Å². The SMILES string of the molecule is CC(C)=C(OCCN(C)c1ccccc1)O[Si](C)(C)C. The molecule has 3 nitrogen and oxygen atoms in total. The lowest BCUT2D eigenvalue weighted by Gasteiger charge is -2.24. The summed E-state index contributed by atoms with van der Waals surface area (Å²) in [5.74, 6) is 0.700. The third kappa shape index (κ3) is 6.15. The van der Waals surface area contributed by atoms with Crippen molar-refractivity contribution in [2.24, 2.45) is 0 Å². The van der Waals surface area contributed by atoms with Gasteiger partial charge in [-0.2, -0.15) is 0 Å². The zero-order valence-electron chi connectivity index (χ0n) is 13.6. The number of allylic oxidation sites excluding steroid dienone is 1. The Morgan fingerprint density at radius 2 is 1.70 bits per heavy atom. The first kappa shape index (κ1) is 16.6. The van der Waals surface area contributed by atoms with E-state index in [1.807, 2.05) is 32.0 Å². The molecule has 1 rings (SSSR count). The minimum atomic E-state index is -1.62. The predicted octanol–water partition coefficient (Wildman–Crippen LogP) is 4.24. The summed E-state index contributed by atoms with van der Waals surface area (Å²) in [5.41, 5.74) is 2.29. The van der Waals surface area contributed by atoms with Crippen LogP contribution in [0.2, 0.25) is 19.6 Å². The maximum atomic E-state index is 5.96. The van der Waals surface area contributed by atoms with Gasteiger partial charge in [-0.05, 0) is 45.6 Å². The molecule has 0 saturated carbocycles. The summed E-state index contributed by atoms with van der Waals surface area (Å²) < 4.78 is 11.8. The molecule has 1 aromatic rings. The summed E-state index contributed by atoms with van der Waals surface area (Å²) >= 11 is 0. The third-order valence-electron chi connectivity index (χ3n) is 2.66. The normalized spacial score (nSPS) is 10.9. The first-order chi connectivity index (χ1) is 9.29. The fraction of sp³-hybridized carbons (Fsp3) is 0.500. The number of benzene rings is 1. The van der Waals surface area contributed by atoms with Gasteiger partial charge < -0.3 is 14.1 Å². The molecule has 0 fully saturated rings. The van der Waals surface area contributed by atoms with E-state index in [0.29, 0.717) is 12.6 Å². The van der Waals surface area contributed by atoms with Crippen molar-refractivity contribution in [3.05, 3.63) is 41.9 Å². The van der Waals surface area contributed by atoms with E-state index < -0.39 is 8.32 Å².